The molecule has 2 saturated heterocycles. The van der Waals surface area contributed by atoms with E-state index in [9.17, 15) is 14.7 Å². The maximum atomic E-state index is 12.5. The number of rotatable bonds is 2. The molecule has 0 aromatic carbocycles. The van der Waals surface area contributed by atoms with E-state index in [0.717, 1.165) is 12.8 Å². The molecule has 3 atom stereocenters. The van der Waals surface area contributed by atoms with Crippen LogP contribution < -0.4 is 5.73 Å². The van der Waals surface area contributed by atoms with Crippen LogP contribution in [0, 0.1) is 11.3 Å². The van der Waals surface area contributed by atoms with E-state index in [4.69, 9.17) is 10.5 Å². The van der Waals surface area contributed by atoms with Gasteiger partial charge in [0.15, 0.2) is 0 Å². The van der Waals surface area contributed by atoms with Gasteiger partial charge in [0, 0.05) is 12.6 Å². The molecule has 0 aromatic heterocycles. The molecule has 2 aliphatic heterocycles. The highest BCUT2D eigenvalue weighted by molar-refractivity contribution is 5.86. The summed E-state index contributed by atoms with van der Waals surface area (Å²) in [5.74, 6) is -1.52. The van der Waals surface area contributed by atoms with Gasteiger partial charge in [-0.1, -0.05) is 13.8 Å². The number of aliphatic carboxylic acids is 1. The smallest absolute Gasteiger partial charge is 0.326 e. The number of nitrogens with zero attached hydrogens (tertiary/aromatic N) is 1. The fourth-order valence-corrected chi connectivity index (χ4v) is 3.14. The Bertz CT molecular complexity index is 383. The van der Waals surface area contributed by atoms with Crippen LogP contribution in [0.2, 0.25) is 0 Å². The third-order valence-electron chi connectivity index (χ3n) is 4.23. The summed E-state index contributed by atoms with van der Waals surface area (Å²) in [6.45, 7) is 4.95. The molecular weight excluding hydrogens is 248 g/mol. The van der Waals surface area contributed by atoms with Crippen LogP contribution in [0.15, 0.2) is 0 Å². The highest BCUT2D eigenvalue weighted by Gasteiger charge is 2.47. The van der Waals surface area contributed by atoms with Crippen molar-refractivity contribution in [2.45, 2.75) is 38.8 Å². The lowest BCUT2D eigenvalue weighted by atomic mass is 9.76. The first kappa shape index (κ1) is 14.3. The van der Waals surface area contributed by atoms with Gasteiger partial charge >= 0.3 is 5.97 Å². The first-order valence-corrected chi connectivity index (χ1v) is 6.71. The van der Waals surface area contributed by atoms with Crippen molar-refractivity contribution >= 4 is 11.9 Å². The first-order chi connectivity index (χ1) is 8.84. The van der Waals surface area contributed by atoms with E-state index in [0.29, 0.717) is 19.8 Å². The maximum absolute atomic E-state index is 12.5. The van der Waals surface area contributed by atoms with Crippen LogP contribution in [0.25, 0.3) is 0 Å². The van der Waals surface area contributed by atoms with Gasteiger partial charge in [-0.3, -0.25) is 4.79 Å². The second-order valence-electron chi connectivity index (χ2n) is 6.17. The van der Waals surface area contributed by atoms with Gasteiger partial charge in [-0.05, 0) is 18.3 Å². The van der Waals surface area contributed by atoms with E-state index in [1.807, 2.05) is 13.8 Å². The van der Waals surface area contributed by atoms with Crippen LogP contribution >= 0.6 is 0 Å². The van der Waals surface area contributed by atoms with Gasteiger partial charge in [0.05, 0.1) is 19.1 Å². The SMILES string of the molecule is CC1(C)CCCN(C(=O)C2COCC2N)C1C(=O)O. The number of carboxylic acids is 1. The van der Waals surface area contributed by atoms with Crippen molar-refractivity contribution in [3.63, 3.8) is 0 Å². The van der Waals surface area contributed by atoms with Crippen molar-refractivity contribution < 1.29 is 19.4 Å². The topological polar surface area (TPSA) is 92.9 Å². The number of likely N-dealkylation sites (tertiary alicyclic amines) is 1. The zero-order chi connectivity index (χ0) is 14.2. The van der Waals surface area contributed by atoms with Gasteiger partial charge in [0.2, 0.25) is 5.91 Å². The van der Waals surface area contributed by atoms with Crippen molar-refractivity contribution in [1.29, 1.82) is 0 Å². The van der Waals surface area contributed by atoms with Gasteiger partial charge in [-0.2, -0.15) is 0 Å². The minimum atomic E-state index is -0.939. The number of carbonyl (C=O) groups excluding carboxylic acids is 1. The number of nitrogens with two attached hydrogens (primary N) is 1. The molecule has 108 valence electrons. The Morgan fingerprint density at radius 3 is 2.58 bits per heavy atom. The molecule has 3 unspecified atom stereocenters. The number of hydrogen-bond acceptors (Lipinski definition) is 4. The summed E-state index contributed by atoms with van der Waals surface area (Å²) in [5, 5.41) is 9.45. The molecule has 2 aliphatic rings. The fourth-order valence-electron chi connectivity index (χ4n) is 3.14. The average molecular weight is 270 g/mol. The predicted molar refractivity (Wildman–Crippen MR) is 68.4 cm³/mol. The second kappa shape index (κ2) is 5.09. The molecule has 3 N–H and O–H groups in total. The molecule has 0 bridgehead atoms. The summed E-state index contributed by atoms with van der Waals surface area (Å²) in [4.78, 5) is 25.5. The van der Waals surface area contributed by atoms with Crippen LogP contribution in [0.1, 0.15) is 26.7 Å². The molecule has 0 saturated carbocycles. The van der Waals surface area contributed by atoms with Crippen molar-refractivity contribution in [2.75, 3.05) is 19.8 Å². The first-order valence-electron chi connectivity index (χ1n) is 6.71. The van der Waals surface area contributed by atoms with Crippen molar-refractivity contribution in [1.82, 2.24) is 4.90 Å². The second-order valence-corrected chi connectivity index (χ2v) is 6.17. The Morgan fingerprint density at radius 1 is 1.37 bits per heavy atom. The molecule has 0 spiro atoms. The summed E-state index contributed by atoms with van der Waals surface area (Å²) in [5.41, 5.74) is 5.44. The van der Waals surface area contributed by atoms with Crippen LogP contribution in [-0.4, -0.2) is 53.7 Å². The Hall–Kier alpha value is -1.14. The fraction of sp³-hybridized carbons (Fsp3) is 0.846. The molecule has 6 heteroatoms. The zero-order valence-corrected chi connectivity index (χ0v) is 11.5. The molecule has 2 heterocycles. The van der Waals surface area contributed by atoms with Gasteiger partial charge in [0.1, 0.15) is 6.04 Å². The predicted octanol–water partition coefficient (Wildman–Crippen LogP) is 0.0619. The Kier molecular flexibility index (Phi) is 3.82. The van der Waals surface area contributed by atoms with Gasteiger partial charge < -0.3 is 20.5 Å². The van der Waals surface area contributed by atoms with Crippen molar-refractivity contribution in [3.8, 4) is 0 Å². The molecule has 19 heavy (non-hydrogen) atoms. The summed E-state index contributed by atoms with van der Waals surface area (Å²) < 4.78 is 5.21. The summed E-state index contributed by atoms with van der Waals surface area (Å²) in [7, 11) is 0. The third-order valence-corrected chi connectivity index (χ3v) is 4.23. The lowest BCUT2D eigenvalue weighted by Crippen LogP contribution is -2.59. The number of amides is 1. The minimum Gasteiger partial charge on any atom is -0.480 e. The minimum absolute atomic E-state index is 0.176. The monoisotopic (exact) mass is 270 g/mol. The number of carbonyl (C=O) groups is 2. The summed E-state index contributed by atoms with van der Waals surface area (Å²) in [6.07, 6.45) is 1.63. The molecular formula is C13H22N2O4. The molecule has 1 amide bonds. The van der Waals surface area contributed by atoms with E-state index in [1.165, 1.54) is 4.90 Å². The molecule has 2 fully saturated rings. The van der Waals surface area contributed by atoms with Crippen molar-refractivity contribution in [2.24, 2.45) is 17.1 Å². The highest BCUT2D eigenvalue weighted by Crippen LogP contribution is 2.36. The van der Waals surface area contributed by atoms with Crippen LogP contribution in [0.5, 0.6) is 0 Å². The normalized spacial score (nSPS) is 34.3. The number of carboxylic acid groups (broad SMARTS) is 1. The Labute approximate surface area is 112 Å². The van der Waals surface area contributed by atoms with Gasteiger partial charge in [0.25, 0.3) is 0 Å². The van der Waals surface area contributed by atoms with Crippen molar-refractivity contribution in [3.05, 3.63) is 0 Å². The van der Waals surface area contributed by atoms with Crippen LogP contribution in [-0.2, 0) is 14.3 Å². The van der Waals surface area contributed by atoms with E-state index >= 15 is 0 Å². The quantitative estimate of drug-likeness (QED) is 0.740. The highest BCUT2D eigenvalue weighted by atomic mass is 16.5. The van der Waals surface area contributed by atoms with E-state index in [1.54, 1.807) is 0 Å². The lowest BCUT2D eigenvalue weighted by molar-refractivity contribution is -0.161. The molecule has 6 nitrogen and oxygen atoms in total. The van der Waals surface area contributed by atoms with Gasteiger partial charge in [-0.25, -0.2) is 4.79 Å². The Morgan fingerprint density at radius 2 is 2.05 bits per heavy atom. The van der Waals surface area contributed by atoms with E-state index in [-0.39, 0.29) is 11.9 Å². The van der Waals surface area contributed by atoms with E-state index in [2.05, 4.69) is 0 Å². The largest absolute Gasteiger partial charge is 0.480 e. The van der Waals surface area contributed by atoms with Gasteiger partial charge in [-0.15, -0.1) is 0 Å². The average Bonchev–Trinajstić information content (AvgIpc) is 2.72. The standard InChI is InChI=1S/C13H22N2O4/c1-13(2)4-3-5-15(10(13)12(17)18)11(16)8-6-19-7-9(8)14/h8-10H,3-7,14H2,1-2H3,(H,17,18). The van der Waals surface area contributed by atoms with Crippen LogP contribution in [0.4, 0.5) is 0 Å². The number of ether oxygens (including phenoxy) is 1. The molecule has 0 aliphatic carbocycles. The molecule has 2 rings (SSSR count). The maximum Gasteiger partial charge on any atom is 0.326 e. The van der Waals surface area contributed by atoms with Crippen LogP contribution in [0.3, 0.4) is 0 Å². The third kappa shape index (κ3) is 2.60. The Balaban J connectivity index is 2.21. The molecule has 0 aromatic rings. The summed E-state index contributed by atoms with van der Waals surface area (Å²) >= 11 is 0. The van der Waals surface area contributed by atoms with E-state index < -0.39 is 23.3 Å². The zero-order valence-electron chi connectivity index (χ0n) is 11.5. The lowest BCUT2D eigenvalue weighted by Gasteiger charge is -2.44. The summed E-state index contributed by atoms with van der Waals surface area (Å²) in [6, 6.07) is -1.10. The molecule has 0 radical (unpaired) electrons. The number of piperidine rings is 1. The number of hydrogen-bond donors (Lipinski definition) is 2.